The molecule has 1 amide bonds. The van der Waals surface area contributed by atoms with Crippen molar-refractivity contribution in [1.29, 1.82) is 0 Å². The van der Waals surface area contributed by atoms with E-state index in [4.69, 9.17) is 17.3 Å². The smallest absolute Gasteiger partial charge is 0.248 e. The maximum Gasteiger partial charge on any atom is 0.248 e. The average Bonchev–Trinajstić information content (AvgIpc) is 2.30. The molecule has 0 aliphatic carbocycles. The molecule has 106 valence electrons. The highest BCUT2D eigenvalue weighted by atomic mass is 35.5. The Bertz CT molecular complexity index is 572. The van der Waals surface area contributed by atoms with Gasteiger partial charge < -0.3 is 5.73 Å². The van der Waals surface area contributed by atoms with Crippen LogP contribution in [-0.4, -0.2) is 26.0 Å². The number of anilines is 1. The molecular formula is C12H17ClN2O3S. The zero-order valence-electron chi connectivity index (χ0n) is 10.8. The van der Waals surface area contributed by atoms with Gasteiger partial charge in [-0.15, -0.1) is 11.6 Å². The summed E-state index contributed by atoms with van der Waals surface area (Å²) in [5, 5.41) is 0. The van der Waals surface area contributed by atoms with Crippen LogP contribution in [0.4, 0.5) is 5.69 Å². The SMILES string of the molecule is Cc1cc(C(N)=O)ccc1NS(=O)(=O)CC(C)CCl. The van der Waals surface area contributed by atoms with E-state index >= 15 is 0 Å². The second kappa shape index (κ2) is 6.25. The van der Waals surface area contributed by atoms with Gasteiger partial charge in [-0.2, -0.15) is 0 Å². The molecule has 7 heteroatoms. The van der Waals surface area contributed by atoms with Gasteiger partial charge in [0.25, 0.3) is 0 Å². The van der Waals surface area contributed by atoms with Crippen molar-refractivity contribution in [3.63, 3.8) is 0 Å². The van der Waals surface area contributed by atoms with Crippen LogP contribution in [0.2, 0.25) is 0 Å². The van der Waals surface area contributed by atoms with Gasteiger partial charge in [-0.25, -0.2) is 8.42 Å². The van der Waals surface area contributed by atoms with E-state index in [1.54, 1.807) is 19.9 Å². The van der Waals surface area contributed by atoms with Gasteiger partial charge >= 0.3 is 0 Å². The fourth-order valence-electron chi connectivity index (χ4n) is 1.56. The summed E-state index contributed by atoms with van der Waals surface area (Å²) < 4.78 is 26.2. The second-order valence-corrected chi connectivity index (χ2v) is 6.61. The van der Waals surface area contributed by atoms with Gasteiger partial charge in [0.2, 0.25) is 15.9 Å². The van der Waals surface area contributed by atoms with E-state index in [0.29, 0.717) is 16.8 Å². The second-order valence-electron chi connectivity index (χ2n) is 4.54. The van der Waals surface area contributed by atoms with E-state index in [9.17, 15) is 13.2 Å². The first kappa shape index (κ1) is 15.8. The summed E-state index contributed by atoms with van der Waals surface area (Å²) in [6.07, 6.45) is 0. The van der Waals surface area contributed by atoms with Crippen LogP contribution in [0.15, 0.2) is 18.2 Å². The van der Waals surface area contributed by atoms with Crippen LogP contribution < -0.4 is 10.5 Å². The lowest BCUT2D eigenvalue weighted by Crippen LogP contribution is -2.22. The Kier molecular flexibility index (Phi) is 5.20. The molecule has 0 radical (unpaired) electrons. The minimum absolute atomic E-state index is 0.0481. The number of primary amides is 1. The van der Waals surface area contributed by atoms with Crippen molar-refractivity contribution in [3.8, 4) is 0 Å². The molecule has 0 spiro atoms. The van der Waals surface area contributed by atoms with Gasteiger partial charge in [0.1, 0.15) is 0 Å². The Balaban J connectivity index is 2.91. The standard InChI is InChI=1S/C12H17ClN2O3S/c1-8(6-13)7-19(17,18)15-11-4-3-10(12(14)16)5-9(11)2/h3-5,8,15H,6-7H2,1-2H3,(H2,14,16). The predicted molar refractivity (Wildman–Crippen MR) is 77.0 cm³/mol. The van der Waals surface area contributed by atoms with Crippen molar-refractivity contribution in [2.24, 2.45) is 11.7 Å². The number of benzene rings is 1. The number of sulfonamides is 1. The zero-order valence-corrected chi connectivity index (χ0v) is 12.4. The molecule has 1 aromatic carbocycles. The molecule has 0 saturated carbocycles. The molecule has 0 bridgehead atoms. The molecule has 0 saturated heterocycles. The lowest BCUT2D eigenvalue weighted by Gasteiger charge is -2.13. The lowest BCUT2D eigenvalue weighted by atomic mass is 10.1. The maximum atomic E-state index is 11.9. The molecule has 0 fully saturated rings. The fourth-order valence-corrected chi connectivity index (χ4v) is 3.31. The highest BCUT2D eigenvalue weighted by Gasteiger charge is 2.16. The first-order valence-electron chi connectivity index (χ1n) is 5.72. The molecule has 0 aliphatic rings. The molecular weight excluding hydrogens is 288 g/mol. The number of rotatable bonds is 6. The first-order chi connectivity index (χ1) is 8.75. The van der Waals surface area contributed by atoms with Crippen LogP contribution in [0, 0.1) is 12.8 Å². The van der Waals surface area contributed by atoms with Crippen LogP contribution in [-0.2, 0) is 10.0 Å². The van der Waals surface area contributed by atoms with E-state index in [1.807, 2.05) is 0 Å². The van der Waals surface area contributed by atoms with Crippen molar-refractivity contribution >= 4 is 33.2 Å². The molecule has 0 aliphatic heterocycles. The molecule has 0 heterocycles. The van der Waals surface area contributed by atoms with Gasteiger partial charge in [0.05, 0.1) is 11.4 Å². The van der Waals surface area contributed by atoms with E-state index < -0.39 is 15.9 Å². The van der Waals surface area contributed by atoms with Gasteiger partial charge in [-0.1, -0.05) is 6.92 Å². The van der Waals surface area contributed by atoms with Gasteiger partial charge in [0.15, 0.2) is 0 Å². The number of aryl methyl sites for hydroxylation is 1. The molecule has 1 aromatic rings. The topological polar surface area (TPSA) is 89.3 Å². The summed E-state index contributed by atoms with van der Waals surface area (Å²) in [4.78, 5) is 11.0. The molecule has 0 aromatic heterocycles. The first-order valence-corrected chi connectivity index (χ1v) is 7.90. The Morgan fingerprint density at radius 2 is 2.11 bits per heavy atom. The number of hydrogen-bond donors (Lipinski definition) is 2. The van der Waals surface area contributed by atoms with Crippen molar-refractivity contribution in [1.82, 2.24) is 0 Å². The van der Waals surface area contributed by atoms with Crippen LogP contribution in [0.25, 0.3) is 0 Å². The number of alkyl halides is 1. The van der Waals surface area contributed by atoms with Crippen LogP contribution >= 0.6 is 11.6 Å². The Morgan fingerprint density at radius 1 is 1.47 bits per heavy atom. The fraction of sp³-hybridized carbons (Fsp3) is 0.417. The number of halogens is 1. The average molecular weight is 305 g/mol. The number of nitrogens with one attached hydrogen (secondary N) is 1. The highest BCUT2D eigenvalue weighted by molar-refractivity contribution is 7.92. The molecule has 1 rings (SSSR count). The third kappa shape index (κ3) is 4.72. The summed E-state index contributed by atoms with van der Waals surface area (Å²) in [7, 11) is -3.45. The Morgan fingerprint density at radius 3 is 2.58 bits per heavy atom. The quantitative estimate of drug-likeness (QED) is 0.784. The van der Waals surface area contributed by atoms with Crippen LogP contribution in [0.5, 0.6) is 0 Å². The minimum Gasteiger partial charge on any atom is -0.366 e. The largest absolute Gasteiger partial charge is 0.366 e. The molecule has 1 atom stereocenters. The van der Waals surface area contributed by atoms with Crippen molar-refractivity contribution in [2.75, 3.05) is 16.4 Å². The maximum absolute atomic E-state index is 11.9. The van der Waals surface area contributed by atoms with E-state index in [-0.39, 0.29) is 17.6 Å². The summed E-state index contributed by atoms with van der Waals surface area (Å²) in [5.41, 5.74) is 6.57. The number of hydrogen-bond acceptors (Lipinski definition) is 3. The van der Waals surface area contributed by atoms with Gasteiger partial charge in [-0.05, 0) is 36.6 Å². The van der Waals surface area contributed by atoms with Crippen molar-refractivity contribution < 1.29 is 13.2 Å². The van der Waals surface area contributed by atoms with E-state index in [2.05, 4.69) is 4.72 Å². The number of nitrogens with two attached hydrogens (primary N) is 1. The normalized spacial score (nSPS) is 13.0. The van der Waals surface area contributed by atoms with Gasteiger partial charge in [-0.3, -0.25) is 9.52 Å². The Labute approximate surface area is 118 Å². The van der Waals surface area contributed by atoms with Crippen molar-refractivity contribution in [3.05, 3.63) is 29.3 Å². The minimum atomic E-state index is -3.45. The molecule has 3 N–H and O–H groups in total. The van der Waals surface area contributed by atoms with E-state index in [1.165, 1.54) is 12.1 Å². The number of carbonyl (C=O) groups is 1. The summed E-state index contributed by atoms with van der Waals surface area (Å²) in [6, 6.07) is 4.56. The molecule has 5 nitrogen and oxygen atoms in total. The monoisotopic (exact) mass is 304 g/mol. The van der Waals surface area contributed by atoms with Gasteiger partial charge in [0, 0.05) is 11.4 Å². The third-order valence-corrected chi connectivity index (χ3v) is 4.61. The zero-order chi connectivity index (χ0) is 14.6. The Hall–Kier alpha value is -1.27. The van der Waals surface area contributed by atoms with Crippen LogP contribution in [0.1, 0.15) is 22.8 Å². The van der Waals surface area contributed by atoms with E-state index in [0.717, 1.165) is 0 Å². The summed E-state index contributed by atoms with van der Waals surface area (Å²) in [6.45, 7) is 3.46. The summed E-state index contributed by atoms with van der Waals surface area (Å²) >= 11 is 5.60. The number of amides is 1. The van der Waals surface area contributed by atoms with Crippen molar-refractivity contribution in [2.45, 2.75) is 13.8 Å². The third-order valence-electron chi connectivity index (χ3n) is 2.54. The molecule has 19 heavy (non-hydrogen) atoms. The lowest BCUT2D eigenvalue weighted by molar-refractivity contribution is 0.1000. The van der Waals surface area contributed by atoms with Crippen LogP contribution in [0.3, 0.4) is 0 Å². The molecule has 1 unspecified atom stereocenters. The predicted octanol–water partition coefficient (Wildman–Crippen LogP) is 1.71. The number of carbonyl (C=O) groups excluding carboxylic acids is 1. The summed E-state index contributed by atoms with van der Waals surface area (Å²) in [5.74, 6) is -0.453. The highest BCUT2D eigenvalue weighted by Crippen LogP contribution is 2.18.